The smallest absolute Gasteiger partial charge is 0.190 e. The Morgan fingerprint density at radius 1 is 1.17 bits per heavy atom. The van der Waals surface area contributed by atoms with E-state index in [1.807, 2.05) is 30.3 Å². The monoisotopic (exact) mass is 330 g/mol. The Morgan fingerprint density at radius 2 is 2.00 bits per heavy atom. The minimum Gasteiger partial charge on any atom is -0.364 e. The van der Waals surface area contributed by atoms with Crippen LogP contribution in [0, 0.1) is 0 Å². The topological polar surface area (TPSA) is 103 Å². The molecular weight excluding hydrogens is 316 g/mol. The van der Waals surface area contributed by atoms with Crippen LogP contribution in [0.15, 0.2) is 36.5 Å². The molecule has 0 spiro atoms. The second-order valence-corrected chi connectivity index (χ2v) is 7.74. The van der Waals surface area contributed by atoms with Crippen molar-refractivity contribution in [2.24, 2.45) is 0 Å². The van der Waals surface area contributed by atoms with Crippen molar-refractivity contribution in [1.82, 2.24) is 25.2 Å². The maximum atomic E-state index is 11.6. The quantitative estimate of drug-likeness (QED) is 0.758. The minimum atomic E-state index is -2.95. The second kappa shape index (κ2) is 5.27. The fourth-order valence-electron chi connectivity index (χ4n) is 2.74. The maximum absolute atomic E-state index is 11.6. The van der Waals surface area contributed by atoms with Gasteiger partial charge >= 0.3 is 0 Å². The van der Waals surface area contributed by atoms with Gasteiger partial charge < -0.3 is 5.32 Å². The molecule has 1 fully saturated rings. The largest absolute Gasteiger partial charge is 0.364 e. The summed E-state index contributed by atoms with van der Waals surface area (Å²) in [6, 6.07) is 9.45. The van der Waals surface area contributed by atoms with Gasteiger partial charge in [-0.05, 0) is 23.8 Å². The molecule has 0 unspecified atom stereocenters. The van der Waals surface area contributed by atoms with Crippen LogP contribution in [0.25, 0.3) is 16.7 Å². The zero-order valence-electron chi connectivity index (χ0n) is 12.1. The van der Waals surface area contributed by atoms with Crippen LogP contribution in [0.5, 0.6) is 0 Å². The van der Waals surface area contributed by atoms with Gasteiger partial charge in [-0.15, -0.1) is 10.2 Å². The van der Waals surface area contributed by atoms with Crippen molar-refractivity contribution in [1.29, 1.82) is 0 Å². The molecule has 1 N–H and O–H groups in total. The van der Waals surface area contributed by atoms with Gasteiger partial charge in [0, 0.05) is 6.04 Å². The summed E-state index contributed by atoms with van der Waals surface area (Å²) in [5.74, 6) is 0.834. The Hall–Kier alpha value is -2.55. The van der Waals surface area contributed by atoms with Crippen LogP contribution < -0.4 is 5.32 Å². The normalized spacial score (nSPS) is 19.9. The van der Waals surface area contributed by atoms with Crippen molar-refractivity contribution in [3.63, 3.8) is 0 Å². The predicted molar refractivity (Wildman–Crippen MR) is 85.1 cm³/mol. The molecule has 0 bridgehead atoms. The number of sulfone groups is 1. The van der Waals surface area contributed by atoms with Crippen LogP contribution >= 0.6 is 0 Å². The molecule has 8 nitrogen and oxygen atoms in total. The number of hydrogen-bond donors (Lipinski definition) is 1. The second-order valence-electron chi connectivity index (χ2n) is 5.51. The molecule has 2 aromatic heterocycles. The number of fused-ring (bicyclic) bond motifs is 1. The number of benzene rings is 1. The summed E-state index contributed by atoms with van der Waals surface area (Å²) in [6.07, 6.45) is 2.23. The molecule has 0 saturated carbocycles. The van der Waals surface area contributed by atoms with E-state index in [1.54, 1.807) is 10.9 Å². The van der Waals surface area contributed by atoms with E-state index in [2.05, 4.69) is 25.8 Å². The van der Waals surface area contributed by atoms with Gasteiger partial charge in [0.2, 0.25) is 0 Å². The summed E-state index contributed by atoms with van der Waals surface area (Å²) >= 11 is 0. The molecule has 0 radical (unpaired) electrons. The van der Waals surface area contributed by atoms with Gasteiger partial charge in [0.25, 0.3) is 0 Å². The SMILES string of the molecule is O=S1(=O)CC[C@H](Nc2nnnc3c2cnn3-c2ccccc2)C1. The summed E-state index contributed by atoms with van der Waals surface area (Å²) in [7, 11) is -2.95. The van der Waals surface area contributed by atoms with Crippen LogP contribution in [0.3, 0.4) is 0 Å². The minimum absolute atomic E-state index is 0.116. The van der Waals surface area contributed by atoms with Gasteiger partial charge in [0.15, 0.2) is 21.3 Å². The van der Waals surface area contributed by atoms with Crippen LogP contribution in [-0.2, 0) is 9.84 Å². The van der Waals surface area contributed by atoms with Crippen molar-refractivity contribution in [2.75, 3.05) is 16.8 Å². The number of nitrogens with zero attached hydrogens (tertiary/aromatic N) is 5. The van der Waals surface area contributed by atoms with E-state index in [1.165, 1.54) is 0 Å². The highest BCUT2D eigenvalue weighted by atomic mass is 32.2. The van der Waals surface area contributed by atoms with E-state index in [9.17, 15) is 8.42 Å². The third-order valence-electron chi connectivity index (χ3n) is 3.86. The molecule has 0 aliphatic carbocycles. The lowest BCUT2D eigenvalue weighted by molar-refractivity contribution is 0.602. The molecule has 3 aromatic rings. The van der Waals surface area contributed by atoms with Gasteiger partial charge in [0.1, 0.15) is 0 Å². The van der Waals surface area contributed by atoms with Crippen molar-refractivity contribution >= 4 is 26.7 Å². The summed E-state index contributed by atoms with van der Waals surface area (Å²) < 4.78 is 24.8. The van der Waals surface area contributed by atoms with Crippen molar-refractivity contribution in [3.05, 3.63) is 36.5 Å². The molecule has 1 saturated heterocycles. The van der Waals surface area contributed by atoms with Crippen LogP contribution in [0.2, 0.25) is 0 Å². The highest BCUT2D eigenvalue weighted by Gasteiger charge is 2.28. The van der Waals surface area contributed by atoms with Crippen molar-refractivity contribution < 1.29 is 8.42 Å². The first-order chi connectivity index (χ1) is 11.1. The Kier molecular flexibility index (Phi) is 3.22. The zero-order chi connectivity index (χ0) is 15.9. The Labute approximate surface area is 132 Å². The highest BCUT2D eigenvalue weighted by Crippen LogP contribution is 2.23. The molecule has 0 amide bonds. The van der Waals surface area contributed by atoms with Gasteiger partial charge in [0.05, 0.1) is 28.8 Å². The number of para-hydroxylation sites is 1. The summed E-state index contributed by atoms with van der Waals surface area (Å²) in [5.41, 5.74) is 1.45. The molecule has 1 aromatic carbocycles. The average molecular weight is 330 g/mol. The molecule has 1 atom stereocenters. The van der Waals surface area contributed by atoms with E-state index in [-0.39, 0.29) is 17.5 Å². The Balaban J connectivity index is 1.71. The highest BCUT2D eigenvalue weighted by molar-refractivity contribution is 7.91. The van der Waals surface area contributed by atoms with E-state index in [0.29, 0.717) is 23.3 Å². The summed E-state index contributed by atoms with van der Waals surface area (Å²) in [5, 5.41) is 20.1. The van der Waals surface area contributed by atoms with E-state index < -0.39 is 9.84 Å². The number of rotatable bonds is 3. The first kappa shape index (κ1) is 14.1. The van der Waals surface area contributed by atoms with Crippen LogP contribution in [0.4, 0.5) is 5.82 Å². The summed E-state index contributed by atoms with van der Waals surface area (Å²) in [4.78, 5) is 0. The number of hydrogen-bond acceptors (Lipinski definition) is 7. The Bertz CT molecular complexity index is 954. The average Bonchev–Trinajstić information content (AvgIpc) is 3.12. The van der Waals surface area contributed by atoms with Gasteiger partial charge in [-0.25, -0.2) is 13.1 Å². The van der Waals surface area contributed by atoms with Crippen LogP contribution in [0.1, 0.15) is 6.42 Å². The Morgan fingerprint density at radius 3 is 2.74 bits per heavy atom. The molecule has 1 aliphatic heterocycles. The van der Waals surface area contributed by atoms with Gasteiger partial charge in [-0.2, -0.15) is 5.10 Å². The fraction of sp³-hybridized carbons (Fsp3) is 0.286. The van der Waals surface area contributed by atoms with Crippen molar-refractivity contribution in [2.45, 2.75) is 12.5 Å². The molecule has 4 rings (SSSR count). The molecule has 118 valence electrons. The van der Waals surface area contributed by atoms with Gasteiger partial charge in [-0.1, -0.05) is 18.2 Å². The lowest BCUT2D eigenvalue weighted by atomic mass is 10.2. The molecular formula is C14H14N6O2S. The molecule has 9 heteroatoms. The van der Waals surface area contributed by atoms with E-state index in [0.717, 1.165) is 5.69 Å². The third kappa shape index (κ3) is 2.63. The van der Waals surface area contributed by atoms with E-state index >= 15 is 0 Å². The maximum Gasteiger partial charge on any atom is 0.190 e. The van der Waals surface area contributed by atoms with E-state index in [4.69, 9.17) is 0 Å². The third-order valence-corrected chi connectivity index (χ3v) is 5.63. The lowest BCUT2D eigenvalue weighted by Crippen LogP contribution is -2.21. The molecule has 1 aliphatic rings. The fourth-order valence-corrected chi connectivity index (χ4v) is 4.41. The number of aromatic nitrogens is 5. The summed E-state index contributed by atoms with van der Waals surface area (Å²) in [6.45, 7) is 0. The van der Waals surface area contributed by atoms with Crippen molar-refractivity contribution in [3.8, 4) is 5.69 Å². The van der Waals surface area contributed by atoms with Gasteiger partial charge in [-0.3, -0.25) is 0 Å². The molecule has 23 heavy (non-hydrogen) atoms. The zero-order valence-corrected chi connectivity index (χ0v) is 12.9. The number of anilines is 1. The first-order valence-electron chi connectivity index (χ1n) is 7.22. The number of nitrogens with one attached hydrogen (secondary N) is 1. The lowest BCUT2D eigenvalue weighted by Gasteiger charge is -2.11. The molecule has 3 heterocycles. The standard InChI is InChI=1S/C14H14N6O2S/c21-23(22)7-6-10(9-23)16-13-12-8-15-20(14(12)18-19-17-13)11-4-2-1-3-5-11/h1-5,8,10H,6-7,9H2,(H,16,17,18)/t10-/m0/s1. The first-order valence-corrected chi connectivity index (χ1v) is 9.04. The predicted octanol–water partition coefficient (Wildman–Crippen LogP) is 0.809. The van der Waals surface area contributed by atoms with Crippen LogP contribution in [-0.4, -0.2) is 51.2 Å².